The summed E-state index contributed by atoms with van der Waals surface area (Å²) in [7, 11) is 0. The fraction of sp³-hybridized carbons (Fsp3) is 0.316. The van der Waals surface area contributed by atoms with E-state index in [0.29, 0.717) is 16.4 Å². The van der Waals surface area contributed by atoms with E-state index in [4.69, 9.17) is 9.47 Å². The van der Waals surface area contributed by atoms with Crippen LogP contribution in [0.15, 0.2) is 46.7 Å². The maximum atomic E-state index is 12.0. The Morgan fingerprint density at radius 2 is 2.04 bits per heavy atom. The molecule has 0 saturated heterocycles. The summed E-state index contributed by atoms with van der Waals surface area (Å²) in [5.41, 5.74) is 1.15. The highest BCUT2D eigenvalue weighted by molar-refractivity contribution is 7.15. The summed E-state index contributed by atoms with van der Waals surface area (Å²) < 4.78 is 12.3. The lowest BCUT2D eigenvalue weighted by atomic mass is 9.86. The summed E-state index contributed by atoms with van der Waals surface area (Å²) in [6.45, 7) is 5.98. The second-order valence-corrected chi connectivity index (χ2v) is 7.71. The summed E-state index contributed by atoms with van der Waals surface area (Å²) in [5, 5.41) is 1.78. The summed E-state index contributed by atoms with van der Waals surface area (Å²) in [6.07, 6.45) is 1.66. The second kappa shape index (κ2) is 7.29. The number of rotatable bonds is 5. The summed E-state index contributed by atoms with van der Waals surface area (Å²) in [6, 6.07) is 8.98. The number of ether oxygens (including phenoxy) is 2. The fourth-order valence-electron chi connectivity index (χ4n) is 2.51. The van der Waals surface area contributed by atoms with Crippen molar-refractivity contribution in [3.63, 3.8) is 0 Å². The number of para-hydroxylation sites is 1. The molecule has 0 amide bonds. The standard InChI is InChI=1S/C19H20N2O4S/c1-19(2,3)14-6-4-5-7-15(14)24-12-17(23)25-11-13-10-16(22)21-8-9-26-18(21)20-13/h4-10H,11-12H2,1-3H3. The highest BCUT2D eigenvalue weighted by atomic mass is 32.1. The van der Waals surface area contributed by atoms with Gasteiger partial charge in [0.25, 0.3) is 5.56 Å². The molecule has 0 radical (unpaired) electrons. The van der Waals surface area contributed by atoms with Crippen LogP contribution in [0.5, 0.6) is 5.75 Å². The third-order valence-corrected chi connectivity index (χ3v) is 4.53. The fourth-order valence-corrected chi connectivity index (χ4v) is 3.25. The molecule has 6 nitrogen and oxygen atoms in total. The van der Waals surface area contributed by atoms with Crippen molar-refractivity contribution in [2.75, 3.05) is 6.61 Å². The molecule has 0 N–H and O–H groups in total. The van der Waals surface area contributed by atoms with Gasteiger partial charge in [0.1, 0.15) is 12.4 Å². The minimum Gasteiger partial charge on any atom is -0.482 e. The van der Waals surface area contributed by atoms with E-state index in [1.807, 2.05) is 24.3 Å². The van der Waals surface area contributed by atoms with Crippen LogP contribution in [-0.2, 0) is 21.6 Å². The summed E-state index contributed by atoms with van der Waals surface area (Å²) >= 11 is 1.35. The average molecular weight is 372 g/mol. The number of carbonyl (C=O) groups excluding carboxylic acids is 1. The molecule has 0 bridgehead atoms. The number of carbonyl (C=O) groups is 1. The number of nitrogens with zero attached hydrogens (tertiary/aromatic N) is 2. The van der Waals surface area contributed by atoms with Gasteiger partial charge in [-0.2, -0.15) is 0 Å². The zero-order valence-corrected chi connectivity index (χ0v) is 15.7. The van der Waals surface area contributed by atoms with Gasteiger partial charge in [-0.05, 0) is 17.0 Å². The van der Waals surface area contributed by atoms with Crippen molar-refractivity contribution in [2.24, 2.45) is 0 Å². The van der Waals surface area contributed by atoms with E-state index >= 15 is 0 Å². The number of hydrogen-bond acceptors (Lipinski definition) is 6. The van der Waals surface area contributed by atoms with Crippen LogP contribution in [0.3, 0.4) is 0 Å². The molecule has 7 heteroatoms. The van der Waals surface area contributed by atoms with Crippen LogP contribution in [0.4, 0.5) is 0 Å². The zero-order chi connectivity index (χ0) is 18.7. The van der Waals surface area contributed by atoms with Crippen molar-refractivity contribution >= 4 is 22.3 Å². The van der Waals surface area contributed by atoms with E-state index < -0.39 is 5.97 Å². The van der Waals surface area contributed by atoms with Crippen molar-refractivity contribution in [2.45, 2.75) is 32.8 Å². The van der Waals surface area contributed by atoms with Crippen LogP contribution in [0.2, 0.25) is 0 Å². The van der Waals surface area contributed by atoms with E-state index in [9.17, 15) is 9.59 Å². The predicted molar refractivity (Wildman–Crippen MR) is 99.8 cm³/mol. The lowest BCUT2D eigenvalue weighted by Gasteiger charge is -2.22. The van der Waals surface area contributed by atoms with E-state index in [2.05, 4.69) is 25.8 Å². The lowest BCUT2D eigenvalue weighted by Crippen LogP contribution is -2.19. The Hall–Kier alpha value is -2.67. The maximum absolute atomic E-state index is 12.0. The van der Waals surface area contributed by atoms with Gasteiger partial charge >= 0.3 is 5.97 Å². The molecule has 1 aromatic carbocycles. The first-order valence-electron chi connectivity index (χ1n) is 8.18. The molecule has 0 atom stereocenters. The Balaban J connectivity index is 1.60. The lowest BCUT2D eigenvalue weighted by molar-refractivity contribution is -0.147. The van der Waals surface area contributed by atoms with Crippen LogP contribution < -0.4 is 10.3 Å². The first-order valence-corrected chi connectivity index (χ1v) is 9.06. The van der Waals surface area contributed by atoms with E-state index in [0.717, 1.165) is 5.56 Å². The van der Waals surface area contributed by atoms with Crippen LogP contribution >= 0.6 is 11.3 Å². The first-order chi connectivity index (χ1) is 12.3. The number of benzene rings is 1. The third kappa shape index (κ3) is 4.11. The molecule has 0 aliphatic rings. The maximum Gasteiger partial charge on any atom is 0.344 e. The largest absolute Gasteiger partial charge is 0.482 e. The number of fused-ring (bicyclic) bond motifs is 1. The SMILES string of the molecule is CC(C)(C)c1ccccc1OCC(=O)OCc1cc(=O)n2ccsc2n1. The van der Waals surface area contributed by atoms with Gasteiger partial charge in [0.2, 0.25) is 0 Å². The van der Waals surface area contributed by atoms with Crippen LogP contribution in [-0.4, -0.2) is 22.0 Å². The third-order valence-electron chi connectivity index (χ3n) is 3.78. The number of aromatic nitrogens is 2. The molecule has 26 heavy (non-hydrogen) atoms. The molecular weight excluding hydrogens is 352 g/mol. The van der Waals surface area contributed by atoms with E-state index in [1.165, 1.54) is 21.8 Å². The van der Waals surface area contributed by atoms with Gasteiger partial charge in [-0.3, -0.25) is 9.20 Å². The Morgan fingerprint density at radius 1 is 1.27 bits per heavy atom. The number of thiazole rings is 1. The highest BCUT2D eigenvalue weighted by Gasteiger charge is 2.19. The van der Waals surface area contributed by atoms with Gasteiger partial charge in [-0.1, -0.05) is 39.0 Å². The quantitative estimate of drug-likeness (QED) is 0.644. The highest BCUT2D eigenvalue weighted by Crippen LogP contribution is 2.30. The molecule has 0 unspecified atom stereocenters. The molecule has 0 spiro atoms. The van der Waals surface area contributed by atoms with E-state index in [1.54, 1.807) is 11.6 Å². The Kier molecular flexibility index (Phi) is 5.08. The molecule has 3 rings (SSSR count). The Morgan fingerprint density at radius 3 is 2.81 bits per heavy atom. The molecule has 2 heterocycles. The summed E-state index contributed by atoms with van der Waals surface area (Å²) in [4.78, 5) is 28.8. The average Bonchev–Trinajstić information content (AvgIpc) is 3.07. The van der Waals surface area contributed by atoms with Gasteiger partial charge in [0.05, 0.1) is 5.69 Å². The molecule has 3 aromatic rings. The molecule has 2 aromatic heterocycles. The molecule has 0 saturated carbocycles. The van der Waals surface area contributed by atoms with Crippen LogP contribution in [0.1, 0.15) is 32.0 Å². The van der Waals surface area contributed by atoms with Crippen LogP contribution in [0.25, 0.3) is 4.96 Å². The number of esters is 1. The van der Waals surface area contributed by atoms with Crippen molar-refractivity contribution in [3.05, 3.63) is 63.5 Å². The first kappa shape index (κ1) is 18.1. The monoisotopic (exact) mass is 372 g/mol. The van der Waals surface area contributed by atoms with Crippen molar-refractivity contribution in [1.82, 2.24) is 9.38 Å². The van der Waals surface area contributed by atoms with Gasteiger partial charge < -0.3 is 9.47 Å². The smallest absolute Gasteiger partial charge is 0.344 e. The molecule has 0 aliphatic heterocycles. The van der Waals surface area contributed by atoms with Crippen LogP contribution in [0, 0.1) is 0 Å². The molecule has 136 valence electrons. The second-order valence-electron chi connectivity index (χ2n) is 6.84. The Bertz CT molecular complexity index is 985. The minimum atomic E-state index is -0.512. The number of hydrogen-bond donors (Lipinski definition) is 0. The zero-order valence-electron chi connectivity index (χ0n) is 14.9. The summed E-state index contributed by atoms with van der Waals surface area (Å²) in [5.74, 6) is 0.148. The van der Waals surface area contributed by atoms with Gasteiger partial charge in [0.15, 0.2) is 11.6 Å². The molecule has 0 fully saturated rings. The molecular formula is C19H20N2O4S. The van der Waals surface area contributed by atoms with Crippen molar-refractivity contribution < 1.29 is 14.3 Å². The Labute approximate surface area is 155 Å². The van der Waals surface area contributed by atoms with Crippen molar-refractivity contribution in [3.8, 4) is 5.75 Å². The van der Waals surface area contributed by atoms with Gasteiger partial charge in [-0.15, -0.1) is 11.3 Å². The van der Waals surface area contributed by atoms with E-state index in [-0.39, 0.29) is 24.2 Å². The van der Waals surface area contributed by atoms with Crippen molar-refractivity contribution in [1.29, 1.82) is 0 Å². The molecule has 0 aliphatic carbocycles. The normalized spacial score (nSPS) is 11.5. The predicted octanol–water partition coefficient (Wildman–Crippen LogP) is 3.18. The topological polar surface area (TPSA) is 69.9 Å². The van der Waals surface area contributed by atoms with Gasteiger partial charge in [-0.25, -0.2) is 9.78 Å². The van der Waals surface area contributed by atoms with Gasteiger partial charge in [0, 0.05) is 17.6 Å². The minimum absolute atomic E-state index is 0.0627.